The van der Waals surface area contributed by atoms with Gasteiger partial charge in [-0.25, -0.2) is 8.42 Å². The lowest BCUT2D eigenvalue weighted by Gasteiger charge is -2.32. The lowest BCUT2D eigenvalue weighted by atomic mass is 10.0. The number of aliphatic hydroxyl groups is 1. The van der Waals surface area contributed by atoms with Crippen molar-refractivity contribution in [3.05, 3.63) is 84.4 Å². The summed E-state index contributed by atoms with van der Waals surface area (Å²) in [4.78, 5) is 30.5. The number of methoxy groups -OCH3 is 2. The van der Waals surface area contributed by atoms with Crippen LogP contribution in [-0.4, -0.2) is 113 Å². The number of hydrogen-bond acceptors (Lipinski definition) is 9. The van der Waals surface area contributed by atoms with Gasteiger partial charge in [-0.2, -0.15) is 4.31 Å². The average molecular weight is 697 g/mol. The quantitative estimate of drug-likeness (QED) is 0.218. The van der Waals surface area contributed by atoms with E-state index in [1.165, 1.54) is 23.5 Å². The van der Waals surface area contributed by atoms with Gasteiger partial charge in [0, 0.05) is 31.9 Å². The third kappa shape index (κ3) is 10.9. The van der Waals surface area contributed by atoms with E-state index in [0.29, 0.717) is 43.5 Å². The smallest absolute Gasteiger partial charge is 0.243 e. The first-order chi connectivity index (χ1) is 23.5. The standard InChI is InChI=1S/C36H48N4O8S/c1-27(2)23-40(49(44,45)32-16-14-31(47-4)15-17-32)24-34(41)33(22-28-8-6-5-7-9-28)37-35(42)25-39(29-10-12-30(46-3)13-11-29)26-36(43)38-18-20-48-21-19-38/h5-17,27,33-34,41H,18-26H2,1-4H3,(H,37,42)/t33-,34-/m0/s1. The van der Waals surface area contributed by atoms with Crippen LogP contribution in [0.3, 0.4) is 0 Å². The Morgan fingerprint density at radius 1 is 0.878 bits per heavy atom. The number of sulfonamides is 1. The number of nitrogens with zero attached hydrogens (tertiary/aromatic N) is 3. The molecule has 12 nitrogen and oxygen atoms in total. The number of amides is 2. The van der Waals surface area contributed by atoms with Crippen molar-refractivity contribution in [1.82, 2.24) is 14.5 Å². The Bertz CT molecular complexity index is 1580. The number of hydrogen-bond donors (Lipinski definition) is 2. The topological polar surface area (TPSA) is 138 Å². The van der Waals surface area contributed by atoms with E-state index in [4.69, 9.17) is 14.2 Å². The molecule has 0 unspecified atom stereocenters. The van der Waals surface area contributed by atoms with Crippen LogP contribution in [0.4, 0.5) is 5.69 Å². The number of carbonyl (C=O) groups excluding carboxylic acids is 2. The van der Waals surface area contributed by atoms with E-state index in [9.17, 15) is 23.1 Å². The molecule has 0 radical (unpaired) electrons. The predicted molar refractivity (Wildman–Crippen MR) is 187 cm³/mol. The normalized spacial score (nSPS) is 14.7. The Kier molecular flexibility index (Phi) is 13.8. The molecule has 3 aromatic carbocycles. The minimum Gasteiger partial charge on any atom is -0.497 e. The van der Waals surface area contributed by atoms with E-state index in [0.717, 1.165) is 5.56 Å². The van der Waals surface area contributed by atoms with E-state index in [1.54, 1.807) is 53.3 Å². The number of ether oxygens (including phenoxy) is 3. The first-order valence-corrected chi connectivity index (χ1v) is 17.8. The maximum absolute atomic E-state index is 13.8. The zero-order chi connectivity index (χ0) is 35.4. The van der Waals surface area contributed by atoms with Gasteiger partial charge < -0.3 is 34.4 Å². The molecule has 2 atom stereocenters. The summed E-state index contributed by atoms with van der Waals surface area (Å²) in [5.41, 5.74) is 1.50. The van der Waals surface area contributed by atoms with E-state index in [-0.39, 0.29) is 49.3 Å². The van der Waals surface area contributed by atoms with Crippen molar-refractivity contribution in [2.24, 2.45) is 5.92 Å². The predicted octanol–water partition coefficient (Wildman–Crippen LogP) is 2.80. The van der Waals surface area contributed by atoms with Crippen molar-refractivity contribution in [3.8, 4) is 11.5 Å². The van der Waals surface area contributed by atoms with Crippen LogP contribution < -0.4 is 19.7 Å². The van der Waals surface area contributed by atoms with E-state index < -0.39 is 28.1 Å². The summed E-state index contributed by atoms with van der Waals surface area (Å²) in [7, 11) is -0.936. The summed E-state index contributed by atoms with van der Waals surface area (Å²) in [6, 6.07) is 21.7. The molecule has 0 spiro atoms. The van der Waals surface area contributed by atoms with Crippen molar-refractivity contribution in [2.75, 3.05) is 71.6 Å². The van der Waals surface area contributed by atoms with Crippen molar-refractivity contribution >= 4 is 27.5 Å². The highest BCUT2D eigenvalue weighted by molar-refractivity contribution is 7.89. The molecule has 1 aliphatic rings. The highest BCUT2D eigenvalue weighted by Gasteiger charge is 2.32. The average Bonchev–Trinajstić information content (AvgIpc) is 3.11. The van der Waals surface area contributed by atoms with Gasteiger partial charge in [0.25, 0.3) is 0 Å². The van der Waals surface area contributed by atoms with Crippen LogP contribution in [0.5, 0.6) is 11.5 Å². The molecule has 266 valence electrons. The van der Waals surface area contributed by atoms with Crippen LogP contribution in [0.1, 0.15) is 19.4 Å². The minimum absolute atomic E-state index is 0.0375. The maximum Gasteiger partial charge on any atom is 0.243 e. The zero-order valence-corrected chi connectivity index (χ0v) is 29.5. The Hall–Kier alpha value is -4.17. The second-order valence-corrected chi connectivity index (χ2v) is 14.3. The summed E-state index contributed by atoms with van der Waals surface area (Å²) < 4.78 is 44.8. The highest BCUT2D eigenvalue weighted by atomic mass is 32.2. The van der Waals surface area contributed by atoms with Gasteiger partial charge in [0.05, 0.1) is 57.6 Å². The molecule has 1 aliphatic heterocycles. The van der Waals surface area contributed by atoms with Gasteiger partial charge >= 0.3 is 0 Å². The number of carbonyl (C=O) groups is 2. The van der Waals surface area contributed by atoms with Gasteiger partial charge in [0.2, 0.25) is 21.8 Å². The molecule has 0 aromatic heterocycles. The van der Waals surface area contributed by atoms with Gasteiger partial charge in [-0.3, -0.25) is 9.59 Å². The molecular formula is C36H48N4O8S. The molecule has 4 rings (SSSR count). The Balaban J connectivity index is 1.57. The Morgan fingerprint density at radius 2 is 1.47 bits per heavy atom. The summed E-state index contributed by atoms with van der Waals surface area (Å²) in [5.74, 6) is 0.550. The Morgan fingerprint density at radius 3 is 2.04 bits per heavy atom. The largest absolute Gasteiger partial charge is 0.497 e. The summed E-state index contributed by atoms with van der Waals surface area (Å²) in [6.45, 7) is 5.34. The lowest BCUT2D eigenvalue weighted by molar-refractivity contribution is -0.133. The molecule has 1 saturated heterocycles. The third-order valence-corrected chi connectivity index (χ3v) is 10.1. The van der Waals surface area contributed by atoms with Gasteiger partial charge in [-0.15, -0.1) is 0 Å². The number of rotatable bonds is 17. The molecule has 0 bridgehead atoms. The fourth-order valence-corrected chi connectivity index (χ4v) is 7.22. The molecule has 3 aromatic rings. The van der Waals surface area contributed by atoms with E-state index in [2.05, 4.69) is 5.32 Å². The van der Waals surface area contributed by atoms with E-state index in [1.807, 2.05) is 44.2 Å². The number of nitrogens with one attached hydrogen (secondary N) is 1. The molecule has 0 aliphatic carbocycles. The number of aliphatic hydroxyl groups excluding tert-OH is 1. The minimum atomic E-state index is -4.00. The SMILES string of the molecule is COc1ccc(N(CC(=O)N[C@@H](Cc2ccccc2)[C@@H](O)CN(CC(C)C)S(=O)(=O)c2ccc(OC)cc2)CC(=O)N2CCOCC2)cc1. The molecule has 2 amide bonds. The monoisotopic (exact) mass is 696 g/mol. The van der Waals surface area contributed by atoms with Crippen LogP contribution in [0.2, 0.25) is 0 Å². The summed E-state index contributed by atoms with van der Waals surface area (Å²) in [6.07, 6.45) is -1.01. The molecule has 1 heterocycles. The molecule has 49 heavy (non-hydrogen) atoms. The van der Waals surface area contributed by atoms with Crippen molar-refractivity contribution < 1.29 is 37.3 Å². The van der Waals surface area contributed by atoms with E-state index >= 15 is 0 Å². The van der Waals surface area contributed by atoms with Crippen LogP contribution in [0.15, 0.2) is 83.8 Å². The van der Waals surface area contributed by atoms with Crippen molar-refractivity contribution in [2.45, 2.75) is 37.3 Å². The summed E-state index contributed by atoms with van der Waals surface area (Å²) in [5, 5.41) is 14.6. The molecular weight excluding hydrogens is 648 g/mol. The second-order valence-electron chi connectivity index (χ2n) is 12.4. The van der Waals surface area contributed by atoms with Gasteiger partial charge in [-0.05, 0) is 66.4 Å². The Labute approximate surface area is 289 Å². The fourth-order valence-electron chi connectivity index (χ4n) is 5.60. The van der Waals surface area contributed by atoms with Crippen molar-refractivity contribution in [3.63, 3.8) is 0 Å². The first-order valence-electron chi connectivity index (χ1n) is 16.4. The maximum atomic E-state index is 13.8. The van der Waals surface area contributed by atoms with Crippen molar-refractivity contribution in [1.29, 1.82) is 0 Å². The molecule has 2 N–H and O–H groups in total. The molecule has 13 heteroatoms. The fraction of sp³-hybridized carbons (Fsp3) is 0.444. The zero-order valence-electron chi connectivity index (χ0n) is 28.7. The summed E-state index contributed by atoms with van der Waals surface area (Å²) >= 11 is 0. The number of anilines is 1. The molecule has 1 fully saturated rings. The lowest BCUT2D eigenvalue weighted by Crippen LogP contribution is -2.53. The second kappa shape index (κ2) is 18.0. The number of morpholine rings is 1. The first kappa shape index (κ1) is 37.6. The third-order valence-electron chi connectivity index (χ3n) is 8.23. The van der Waals surface area contributed by atoms with Gasteiger partial charge in [0.15, 0.2) is 0 Å². The van der Waals surface area contributed by atoms with Crippen LogP contribution >= 0.6 is 0 Å². The van der Waals surface area contributed by atoms with Gasteiger partial charge in [0.1, 0.15) is 11.5 Å². The van der Waals surface area contributed by atoms with Crippen LogP contribution in [0.25, 0.3) is 0 Å². The molecule has 0 saturated carbocycles. The van der Waals surface area contributed by atoms with Gasteiger partial charge in [-0.1, -0.05) is 44.2 Å². The van der Waals surface area contributed by atoms with Crippen LogP contribution in [-0.2, 0) is 30.8 Å². The van der Waals surface area contributed by atoms with Crippen LogP contribution in [0, 0.1) is 5.92 Å². The number of benzene rings is 3. The highest BCUT2D eigenvalue weighted by Crippen LogP contribution is 2.23.